The number of aryl methyl sites for hydroxylation is 1. The molecule has 4 aromatic rings. The molecule has 0 aliphatic heterocycles. The molecule has 0 aliphatic rings. The Kier molecular flexibility index (Phi) is 3.66. The van der Waals surface area contributed by atoms with Crippen molar-refractivity contribution in [1.82, 2.24) is 9.55 Å². The monoisotopic (exact) mass is 434 g/mol. The molecule has 0 bridgehead atoms. The van der Waals surface area contributed by atoms with Gasteiger partial charge in [0.05, 0.1) is 10.6 Å². The summed E-state index contributed by atoms with van der Waals surface area (Å²) in [6, 6.07) is 13.9. The van der Waals surface area contributed by atoms with Crippen LogP contribution in [0.4, 0.5) is 0 Å². The Morgan fingerprint density at radius 3 is 2.70 bits per heavy atom. The molecule has 2 heterocycles. The van der Waals surface area contributed by atoms with Crippen molar-refractivity contribution in [3.8, 4) is 17.1 Å². The molecule has 0 saturated carbocycles. The van der Waals surface area contributed by atoms with Gasteiger partial charge >= 0.3 is 0 Å². The largest absolute Gasteiger partial charge is 0.436 e. The lowest BCUT2D eigenvalue weighted by Crippen LogP contribution is -1.90. The van der Waals surface area contributed by atoms with Crippen LogP contribution in [0.3, 0.4) is 0 Å². The molecule has 0 unspecified atom stereocenters. The summed E-state index contributed by atoms with van der Waals surface area (Å²) in [4.78, 5) is 4.65. The first-order valence-corrected chi connectivity index (χ1v) is 8.57. The van der Waals surface area contributed by atoms with E-state index in [-0.39, 0.29) is 0 Å². The van der Waals surface area contributed by atoms with Gasteiger partial charge in [0, 0.05) is 21.7 Å². The zero-order valence-electron chi connectivity index (χ0n) is 12.3. The van der Waals surface area contributed by atoms with E-state index in [0.29, 0.717) is 10.9 Å². The van der Waals surface area contributed by atoms with E-state index < -0.39 is 0 Å². The van der Waals surface area contributed by atoms with Crippen LogP contribution in [-0.4, -0.2) is 9.55 Å². The van der Waals surface area contributed by atoms with Crippen LogP contribution >= 0.6 is 34.2 Å². The molecule has 2 aromatic heterocycles. The van der Waals surface area contributed by atoms with Crippen LogP contribution in [0.25, 0.3) is 28.2 Å². The lowest BCUT2D eigenvalue weighted by molar-refractivity contribution is 0.617. The van der Waals surface area contributed by atoms with Crippen molar-refractivity contribution in [2.75, 3.05) is 0 Å². The van der Waals surface area contributed by atoms with Crippen molar-refractivity contribution < 1.29 is 4.42 Å². The molecule has 0 radical (unpaired) electrons. The highest BCUT2D eigenvalue weighted by molar-refractivity contribution is 14.1. The normalized spacial score (nSPS) is 11.3. The average Bonchev–Trinajstić information content (AvgIpc) is 3.18. The van der Waals surface area contributed by atoms with Gasteiger partial charge in [-0.3, -0.25) is 0 Å². The minimum atomic E-state index is 0.552. The third kappa shape index (κ3) is 2.66. The predicted molar refractivity (Wildman–Crippen MR) is 101 cm³/mol. The van der Waals surface area contributed by atoms with Crippen LogP contribution in [0.2, 0.25) is 5.02 Å². The Morgan fingerprint density at radius 2 is 1.91 bits per heavy atom. The first-order valence-electron chi connectivity index (χ1n) is 7.12. The van der Waals surface area contributed by atoms with E-state index in [1.807, 2.05) is 55.7 Å². The van der Waals surface area contributed by atoms with Crippen LogP contribution < -0.4 is 0 Å². The smallest absolute Gasteiger partial charge is 0.228 e. The maximum Gasteiger partial charge on any atom is 0.228 e. The minimum Gasteiger partial charge on any atom is -0.436 e. The molecule has 2 aromatic carbocycles. The van der Waals surface area contributed by atoms with E-state index in [1.54, 1.807) is 0 Å². The van der Waals surface area contributed by atoms with Crippen LogP contribution in [-0.2, 0) is 0 Å². The highest BCUT2D eigenvalue weighted by Crippen LogP contribution is 2.33. The van der Waals surface area contributed by atoms with Gasteiger partial charge in [-0.15, -0.1) is 0 Å². The number of nitrogens with zero attached hydrogens (tertiary/aromatic N) is 2. The first-order chi connectivity index (χ1) is 11.1. The third-order valence-corrected chi connectivity index (χ3v) is 4.72. The molecule has 3 nitrogen and oxygen atoms in total. The topological polar surface area (TPSA) is 31.0 Å². The molecular weight excluding hydrogens is 423 g/mol. The molecule has 0 spiro atoms. The van der Waals surface area contributed by atoms with E-state index in [4.69, 9.17) is 16.0 Å². The number of aromatic nitrogens is 2. The number of hydrogen-bond donors (Lipinski definition) is 0. The fourth-order valence-corrected chi connectivity index (χ4v) is 3.30. The molecule has 0 atom stereocenters. The SMILES string of the molecule is Cc1cc(-n2cccc2)cc2nc(-c3cc(I)ccc3Cl)oc12. The average molecular weight is 435 g/mol. The number of halogens is 2. The highest BCUT2D eigenvalue weighted by Gasteiger charge is 2.14. The summed E-state index contributed by atoms with van der Waals surface area (Å²) in [6.45, 7) is 2.03. The summed E-state index contributed by atoms with van der Waals surface area (Å²) in [5.41, 5.74) is 4.56. The van der Waals surface area contributed by atoms with Crippen molar-refractivity contribution in [1.29, 1.82) is 0 Å². The van der Waals surface area contributed by atoms with Crippen LogP contribution in [0.5, 0.6) is 0 Å². The van der Waals surface area contributed by atoms with Crippen molar-refractivity contribution in [3.63, 3.8) is 0 Å². The van der Waals surface area contributed by atoms with E-state index in [0.717, 1.165) is 31.5 Å². The van der Waals surface area contributed by atoms with Crippen molar-refractivity contribution >= 4 is 45.3 Å². The molecule has 114 valence electrons. The zero-order valence-corrected chi connectivity index (χ0v) is 15.2. The second kappa shape index (κ2) is 5.69. The fourth-order valence-electron chi connectivity index (χ4n) is 2.61. The summed E-state index contributed by atoms with van der Waals surface area (Å²) in [7, 11) is 0. The van der Waals surface area contributed by atoms with Gasteiger partial charge < -0.3 is 8.98 Å². The Balaban J connectivity index is 1.91. The fraction of sp³-hybridized carbons (Fsp3) is 0.0556. The van der Waals surface area contributed by atoms with Gasteiger partial charge in [-0.25, -0.2) is 4.98 Å². The number of fused-ring (bicyclic) bond motifs is 1. The molecule has 0 aliphatic carbocycles. The highest BCUT2D eigenvalue weighted by atomic mass is 127. The Bertz CT molecular complexity index is 1010. The van der Waals surface area contributed by atoms with E-state index in [2.05, 4.69) is 38.2 Å². The lowest BCUT2D eigenvalue weighted by atomic mass is 10.2. The molecule has 4 rings (SSSR count). The quantitative estimate of drug-likeness (QED) is 0.370. The van der Waals surface area contributed by atoms with Crippen LogP contribution in [0.15, 0.2) is 59.3 Å². The summed E-state index contributed by atoms with van der Waals surface area (Å²) >= 11 is 8.56. The van der Waals surface area contributed by atoms with Gasteiger partial charge in [0.2, 0.25) is 5.89 Å². The van der Waals surface area contributed by atoms with Gasteiger partial charge in [0.25, 0.3) is 0 Å². The molecule has 0 saturated heterocycles. The summed E-state index contributed by atoms with van der Waals surface area (Å²) in [6.07, 6.45) is 4.02. The number of hydrogen-bond acceptors (Lipinski definition) is 2. The molecular formula is C18H12ClIN2O. The number of benzene rings is 2. The van der Waals surface area contributed by atoms with Gasteiger partial charge in [0.1, 0.15) is 5.52 Å². The van der Waals surface area contributed by atoms with Gasteiger partial charge in [-0.2, -0.15) is 0 Å². The lowest BCUT2D eigenvalue weighted by Gasteiger charge is -2.03. The first kappa shape index (κ1) is 14.8. The molecule has 0 fully saturated rings. The molecule has 5 heteroatoms. The summed E-state index contributed by atoms with van der Waals surface area (Å²) in [5, 5.41) is 0.639. The second-order valence-electron chi connectivity index (χ2n) is 5.34. The number of rotatable bonds is 2. The van der Waals surface area contributed by atoms with Crippen molar-refractivity contribution in [2.45, 2.75) is 6.92 Å². The number of oxazole rings is 1. The van der Waals surface area contributed by atoms with Gasteiger partial charge in [-0.05, 0) is 77.5 Å². The van der Waals surface area contributed by atoms with Crippen molar-refractivity contribution in [3.05, 3.63) is 69.0 Å². The van der Waals surface area contributed by atoms with Gasteiger partial charge in [-0.1, -0.05) is 11.6 Å². The Hall–Kier alpha value is -1.79. The Morgan fingerprint density at radius 1 is 1.13 bits per heavy atom. The third-order valence-electron chi connectivity index (χ3n) is 3.72. The van der Waals surface area contributed by atoms with E-state index in [1.165, 1.54) is 0 Å². The Labute approximate surface area is 152 Å². The second-order valence-corrected chi connectivity index (χ2v) is 7.00. The van der Waals surface area contributed by atoms with E-state index >= 15 is 0 Å². The maximum atomic E-state index is 6.30. The molecule has 0 amide bonds. The van der Waals surface area contributed by atoms with Crippen molar-refractivity contribution in [2.24, 2.45) is 0 Å². The van der Waals surface area contributed by atoms with Gasteiger partial charge in [0.15, 0.2) is 5.58 Å². The summed E-state index contributed by atoms with van der Waals surface area (Å²) in [5.74, 6) is 0.552. The van der Waals surface area contributed by atoms with E-state index in [9.17, 15) is 0 Å². The maximum absolute atomic E-state index is 6.30. The predicted octanol–water partition coefficient (Wildman–Crippen LogP) is 5.85. The van der Waals surface area contributed by atoms with Crippen LogP contribution in [0.1, 0.15) is 5.56 Å². The minimum absolute atomic E-state index is 0.552. The molecule has 0 N–H and O–H groups in total. The zero-order chi connectivity index (χ0) is 16.0. The molecule has 23 heavy (non-hydrogen) atoms. The van der Waals surface area contributed by atoms with Crippen LogP contribution in [0, 0.1) is 10.5 Å². The summed E-state index contributed by atoms with van der Waals surface area (Å²) < 4.78 is 9.13. The standard InChI is InChI=1S/C18H12ClIN2O/c1-11-8-13(22-6-2-3-7-22)10-16-17(11)23-18(21-16)14-9-12(20)4-5-15(14)19/h2-10H,1H3.